The molecular formula is C19H21BrN2O3S. The zero-order valence-electron chi connectivity index (χ0n) is 14.9. The van der Waals surface area contributed by atoms with Crippen LogP contribution in [-0.4, -0.2) is 31.6 Å². The summed E-state index contributed by atoms with van der Waals surface area (Å²) in [6, 6.07) is 13.5. The van der Waals surface area contributed by atoms with Gasteiger partial charge in [-0.3, -0.25) is 4.79 Å². The topological polar surface area (TPSA) is 59.9 Å². The standard InChI is InChI=1S/C19H21BrN2O3S/c1-13(15-6-9-18(25-3)17(20)10-15)21-22-19(23)12-26-11-14-4-7-16(24-2)8-5-14/h4-10H,11-12H2,1-3H3,(H,22,23)/b21-13+. The minimum atomic E-state index is -0.129. The van der Waals surface area contributed by atoms with Crippen molar-refractivity contribution in [2.45, 2.75) is 12.7 Å². The Morgan fingerprint density at radius 2 is 1.88 bits per heavy atom. The Morgan fingerprint density at radius 3 is 2.50 bits per heavy atom. The Balaban J connectivity index is 1.81. The monoisotopic (exact) mass is 436 g/mol. The number of rotatable bonds is 8. The van der Waals surface area contributed by atoms with Gasteiger partial charge in [-0.05, 0) is 64.3 Å². The third kappa shape index (κ3) is 6.07. The van der Waals surface area contributed by atoms with E-state index in [0.29, 0.717) is 5.75 Å². The molecule has 7 heteroatoms. The summed E-state index contributed by atoms with van der Waals surface area (Å²) in [4.78, 5) is 11.9. The lowest BCUT2D eigenvalue weighted by molar-refractivity contribution is -0.118. The van der Waals surface area contributed by atoms with Crippen LogP contribution in [0.15, 0.2) is 52.0 Å². The molecule has 0 radical (unpaired) electrons. The molecule has 0 heterocycles. The van der Waals surface area contributed by atoms with Crippen LogP contribution in [0.25, 0.3) is 0 Å². The maximum Gasteiger partial charge on any atom is 0.250 e. The van der Waals surface area contributed by atoms with Crippen LogP contribution in [0.5, 0.6) is 11.5 Å². The molecule has 0 bridgehead atoms. The summed E-state index contributed by atoms with van der Waals surface area (Å²) in [5, 5.41) is 4.16. The average molecular weight is 437 g/mol. The Kier molecular flexibility index (Phi) is 8.00. The molecule has 0 saturated heterocycles. The summed E-state index contributed by atoms with van der Waals surface area (Å²) in [5.74, 6) is 2.54. The first-order chi connectivity index (χ1) is 12.5. The number of ether oxygens (including phenoxy) is 2. The van der Waals surface area contributed by atoms with E-state index in [2.05, 4.69) is 26.5 Å². The highest BCUT2D eigenvalue weighted by molar-refractivity contribution is 9.10. The van der Waals surface area contributed by atoms with Gasteiger partial charge in [-0.2, -0.15) is 5.10 Å². The number of carbonyl (C=O) groups excluding carboxylic acids is 1. The lowest BCUT2D eigenvalue weighted by Crippen LogP contribution is -2.21. The number of benzene rings is 2. The van der Waals surface area contributed by atoms with Crippen LogP contribution in [-0.2, 0) is 10.5 Å². The SMILES string of the molecule is COc1ccc(CSCC(=O)N/N=C(\C)c2ccc(OC)c(Br)c2)cc1. The molecule has 0 saturated carbocycles. The van der Waals surface area contributed by atoms with Gasteiger partial charge in [-0.15, -0.1) is 11.8 Å². The molecule has 138 valence electrons. The van der Waals surface area contributed by atoms with Crippen molar-refractivity contribution in [2.75, 3.05) is 20.0 Å². The number of methoxy groups -OCH3 is 2. The van der Waals surface area contributed by atoms with E-state index in [-0.39, 0.29) is 5.91 Å². The van der Waals surface area contributed by atoms with Crippen molar-refractivity contribution in [3.63, 3.8) is 0 Å². The quantitative estimate of drug-likeness (QED) is 0.496. The number of halogens is 1. The lowest BCUT2D eigenvalue weighted by atomic mass is 10.1. The van der Waals surface area contributed by atoms with Gasteiger partial charge in [0.15, 0.2) is 0 Å². The minimum absolute atomic E-state index is 0.129. The Bertz CT molecular complexity index is 779. The fourth-order valence-electron chi connectivity index (χ4n) is 2.12. The van der Waals surface area contributed by atoms with Gasteiger partial charge in [0, 0.05) is 5.75 Å². The summed E-state index contributed by atoms with van der Waals surface area (Å²) < 4.78 is 11.2. The molecule has 0 aliphatic carbocycles. The third-order valence-corrected chi connectivity index (χ3v) is 5.20. The molecule has 1 N–H and O–H groups in total. The predicted molar refractivity (Wildman–Crippen MR) is 110 cm³/mol. The summed E-state index contributed by atoms with van der Waals surface area (Å²) in [6.07, 6.45) is 0. The van der Waals surface area contributed by atoms with Gasteiger partial charge in [0.25, 0.3) is 0 Å². The number of hydrogen-bond donors (Lipinski definition) is 1. The molecule has 0 unspecified atom stereocenters. The Labute approximate surface area is 166 Å². The first-order valence-corrected chi connectivity index (χ1v) is 9.86. The molecule has 0 fully saturated rings. The van der Waals surface area contributed by atoms with Gasteiger partial charge in [0.2, 0.25) is 5.91 Å². The molecule has 2 aromatic rings. The van der Waals surface area contributed by atoms with E-state index in [1.54, 1.807) is 14.2 Å². The van der Waals surface area contributed by atoms with E-state index in [1.807, 2.05) is 49.4 Å². The second-order valence-corrected chi connectivity index (χ2v) is 7.26. The van der Waals surface area contributed by atoms with Crippen molar-refractivity contribution in [3.8, 4) is 11.5 Å². The smallest absolute Gasteiger partial charge is 0.250 e. The molecule has 5 nitrogen and oxygen atoms in total. The van der Waals surface area contributed by atoms with Gasteiger partial charge >= 0.3 is 0 Å². The predicted octanol–water partition coefficient (Wildman–Crippen LogP) is 4.24. The summed E-state index contributed by atoms with van der Waals surface area (Å²) in [5.41, 5.74) is 5.37. The lowest BCUT2D eigenvalue weighted by Gasteiger charge is -2.07. The van der Waals surface area contributed by atoms with Crippen LogP contribution in [0.2, 0.25) is 0 Å². The maximum absolute atomic E-state index is 11.9. The highest BCUT2D eigenvalue weighted by Gasteiger charge is 2.05. The number of nitrogens with zero attached hydrogens (tertiary/aromatic N) is 1. The highest BCUT2D eigenvalue weighted by Crippen LogP contribution is 2.25. The largest absolute Gasteiger partial charge is 0.497 e. The second kappa shape index (κ2) is 10.2. The van der Waals surface area contributed by atoms with Gasteiger partial charge in [0.1, 0.15) is 11.5 Å². The van der Waals surface area contributed by atoms with Gasteiger partial charge < -0.3 is 9.47 Å². The number of nitrogens with one attached hydrogen (secondary N) is 1. The fraction of sp³-hybridized carbons (Fsp3) is 0.263. The molecule has 0 spiro atoms. The average Bonchev–Trinajstić information content (AvgIpc) is 2.66. The second-order valence-electron chi connectivity index (χ2n) is 5.42. The third-order valence-electron chi connectivity index (χ3n) is 3.58. The molecular weight excluding hydrogens is 416 g/mol. The highest BCUT2D eigenvalue weighted by atomic mass is 79.9. The van der Waals surface area contributed by atoms with Crippen LogP contribution in [0, 0.1) is 0 Å². The number of thioether (sulfide) groups is 1. The minimum Gasteiger partial charge on any atom is -0.497 e. The van der Waals surface area contributed by atoms with Crippen molar-refractivity contribution in [3.05, 3.63) is 58.1 Å². The number of hydrogen-bond acceptors (Lipinski definition) is 5. The van der Waals surface area contributed by atoms with E-state index in [4.69, 9.17) is 9.47 Å². The molecule has 0 aliphatic heterocycles. The van der Waals surface area contributed by atoms with E-state index >= 15 is 0 Å². The van der Waals surface area contributed by atoms with E-state index in [0.717, 1.165) is 38.6 Å². The molecule has 2 aromatic carbocycles. The number of carbonyl (C=O) groups is 1. The number of hydrazone groups is 1. The van der Waals surface area contributed by atoms with Crippen LogP contribution < -0.4 is 14.9 Å². The molecule has 2 rings (SSSR count). The zero-order valence-corrected chi connectivity index (χ0v) is 17.3. The first kappa shape index (κ1) is 20.3. The van der Waals surface area contributed by atoms with Crippen molar-refractivity contribution >= 4 is 39.3 Å². The Morgan fingerprint density at radius 1 is 1.15 bits per heavy atom. The van der Waals surface area contributed by atoms with Gasteiger partial charge in [-0.25, -0.2) is 5.43 Å². The van der Waals surface area contributed by atoms with Crippen LogP contribution in [0.3, 0.4) is 0 Å². The Hall–Kier alpha value is -1.99. The first-order valence-electron chi connectivity index (χ1n) is 7.91. The van der Waals surface area contributed by atoms with Crippen molar-refractivity contribution < 1.29 is 14.3 Å². The summed E-state index contributed by atoms with van der Waals surface area (Å²) in [7, 11) is 3.26. The van der Waals surface area contributed by atoms with Gasteiger partial charge in [0.05, 0.1) is 30.2 Å². The van der Waals surface area contributed by atoms with E-state index in [1.165, 1.54) is 11.8 Å². The normalized spacial score (nSPS) is 11.2. The molecule has 0 atom stereocenters. The number of amides is 1. The van der Waals surface area contributed by atoms with E-state index < -0.39 is 0 Å². The molecule has 1 amide bonds. The fourth-order valence-corrected chi connectivity index (χ4v) is 3.44. The van der Waals surface area contributed by atoms with Gasteiger partial charge in [-0.1, -0.05) is 12.1 Å². The van der Waals surface area contributed by atoms with Crippen molar-refractivity contribution in [1.82, 2.24) is 5.43 Å². The van der Waals surface area contributed by atoms with Crippen molar-refractivity contribution in [1.29, 1.82) is 0 Å². The molecule has 0 aromatic heterocycles. The van der Waals surface area contributed by atoms with E-state index in [9.17, 15) is 4.79 Å². The maximum atomic E-state index is 11.9. The van der Waals surface area contributed by atoms with Crippen LogP contribution in [0.4, 0.5) is 0 Å². The molecule has 26 heavy (non-hydrogen) atoms. The zero-order chi connectivity index (χ0) is 18.9. The van der Waals surface area contributed by atoms with Crippen LogP contribution >= 0.6 is 27.7 Å². The van der Waals surface area contributed by atoms with Crippen LogP contribution in [0.1, 0.15) is 18.1 Å². The summed E-state index contributed by atoms with van der Waals surface area (Å²) >= 11 is 4.98. The summed E-state index contributed by atoms with van der Waals surface area (Å²) in [6.45, 7) is 1.85. The molecule has 0 aliphatic rings. The van der Waals surface area contributed by atoms with Crippen molar-refractivity contribution in [2.24, 2.45) is 5.10 Å².